The number of nitrogens with zero attached hydrogens (tertiary/aromatic N) is 1. The molecule has 0 unspecified atom stereocenters. The summed E-state index contributed by atoms with van der Waals surface area (Å²) < 4.78 is 0. The topological polar surface area (TPSA) is 38.9 Å². The molecule has 2 heteroatoms. The van der Waals surface area contributed by atoms with Crippen LogP contribution in [0.5, 0.6) is 0 Å². The third-order valence-electron chi connectivity index (χ3n) is 2.37. The number of unbranched alkanes of at least 4 members (excludes halogenated alkanes) is 1. The van der Waals surface area contributed by atoms with Crippen LogP contribution in [0, 0.1) is 24.2 Å². The first-order valence-corrected chi connectivity index (χ1v) is 5.37. The summed E-state index contributed by atoms with van der Waals surface area (Å²) in [6, 6.07) is 7.83. The van der Waals surface area contributed by atoms with E-state index < -0.39 is 0 Å². The van der Waals surface area contributed by atoms with E-state index in [0.29, 0.717) is 12.2 Å². The Bertz CT molecular complexity index is 639. The zero-order valence-electron chi connectivity index (χ0n) is 9.40. The molecule has 2 rings (SSSR count). The first-order chi connectivity index (χ1) is 8.29. The Labute approximate surface area is 101 Å². The predicted octanol–water partition coefficient (Wildman–Crippen LogP) is 2.58. The monoisotopic (exact) mass is 220 g/mol. The fourth-order valence-electron chi connectivity index (χ4n) is 1.53. The van der Waals surface area contributed by atoms with Crippen molar-refractivity contribution < 1.29 is 0 Å². The van der Waals surface area contributed by atoms with Crippen molar-refractivity contribution in [1.29, 1.82) is 0 Å². The quantitative estimate of drug-likeness (QED) is 0.592. The molecule has 2 N–H and O–H groups in total. The Morgan fingerprint density at radius 2 is 2.06 bits per heavy atom. The number of hydrogen-bond acceptors (Lipinski definition) is 2. The summed E-state index contributed by atoms with van der Waals surface area (Å²) in [6.07, 6.45) is 8.35. The second-order valence-electron chi connectivity index (χ2n) is 3.68. The minimum atomic E-state index is 0.523. The van der Waals surface area contributed by atoms with Gasteiger partial charge in [0.2, 0.25) is 0 Å². The van der Waals surface area contributed by atoms with Gasteiger partial charge in [0.15, 0.2) is 0 Å². The molecule has 17 heavy (non-hydrogen) atoms. The molecule has 1 heterocycles. The van der Waals surface area contributed by atoms with Crippen molar-refractivity contribution in [2.24, 2.45) is 0 Å². The van der Waals surface area contributed by atoms with Crippen molar-refractivity contribution in [2.45, 2.75) is 12.8 Å². The average Bonchev–Trinajstić information content (AvgIpc) is 2.34. The summed E-state index contributed by atoms with van der Waals surface area (Å²) in [7, 11) is 0. The van der Waals surface area contributed by atoms with Crippen LogP contribution < -0.4 is 5.73 Å². The lowest BCUT2D eigenvalue weighted by molar-refractivity contribution is 1.12. The minimum absolute atomic E-state index is 0.523. The van der Waals surface area contributed by atoms with E-state index in [2.05, 4.69) is 22.7 Å². The van der Waals surface area contributed by atoms with Gasteiger partial charge in [-0.15, -0.1) is 12.3 Å². The van der Waals surface area contributed by atoms with Crippen LogP contribution in [0.3, 0.4) is 0 Å². The van der Waals surface area contributed by atoms with Crippen LogP contribution in [0.4, 0.5) is 5.82 Å². The minimum Gasteiger partial charge on any atom is -0.384 e. The summed E-state index contributed by atoms with van der Waals surface area (Å²) in [4.78, 5) is 4.04. The third kappa shape index (κ3) is 2.77. The van der Waals surface area contributed by atoms with Gasteiger partial charge in [-0.1, -0.05) is 17.9 Å². The average molecular weight is 220 g/mol. The molecule has 2 aromatic rings. The highest BCUT2D eigenvalue weighted by Gasteiger charge is 1.95. The van der Waals surface area contributed by atoms with E-state index in [-0.39, 0.29) is 0 Å². The molecule has 0 aliphatic rings. The van der Waals surface area contributed by atoms with Crippen LogP contribution in [0.2, 0.25) is 0 Å². The standard InChI is InChI=1S/C15H12N2/c1-2-3-4-5-6-12-7-8-13-11-17-15(16)10-14(13)9-12/h1,7-11H,3-4H2,(H2,16,17). The van der Waals surface area contributed by atoms with E-state index in [0.717, 1.165) is 22.8 Å². The molecule has 0 aliphatic carbocycles. The zero-order valence-corrected chi connectivity index (χ0v) is 9.40. The van der Waals surface area contributed by atoms with Gasteiger partial charge >= 0.3 is 0 Å². The third-order valence-corrected chi connectivity index (χ3v) is 2.37. The molecule has 82 valence electrons. The van der Waals surface area contributed by atoms with Crippen LogP contribution in [-0.2, 0) is 0 Å². The Hall–Kier alpha value is -2.45. The van der Waals surface area contributed by atoms with E-state index >= 15 is 0 Å². The van der Waals surface area contributed by atoms with Crippen LogP contribution in [0.25, 0.3) is 10.8 Å². The number of benzene rings is 1. The molecule has 1 aromatic carbocycles. The lowest BCUT2D eigenvalue weighted by Gasteiger charge is -1.99. The predicted molar refractivity (Wildman–Crippen MR) is 71.1 cm³/mol. The highest BCUT2D eigenvalue weighted by Crippen LogP contribution is 2.16. The number of nitrogens with two attached hydrogens (primary N) is 1. The molecule has 0 atom stereocenters. The fourth-order valence-corrected chi connectivity index (χ4v) is 1.53. The van der Waals surface area contributed by atoms with Crippen LogP contribution in [0.1, 0.15) is 18.4 Å². The van der Waals surface area contributed by atoms with Gasteiger partial charge in [-0.2, -0.15) is 0 Å². The molecule has 0 fully saturated rings. The molecule has 0 spiro atoms. The van der Waals surface area contributed by atoms with Gasteiger partial charge < -0.3 is 5.73 Å². The highest BCUT2D eigenvalue weighted by molar-refractivity contribution is 5.84. The molecule has 0 aliphatic heterocycles. The van der Waals surface area contributed by atoms with Crippen molar-refractivity contribution in [3.8, 4) is 24.2 Å². The summed E-state index contributed by atoms with van der Waals surface area (Å²) in [5.74, 6) is 9.21. The smallest absolute Gasteiger partial charge is 0.123 e. The van der Waals surface area contributed by atoms with Crippen molar-refractivity contribution in [3.63, 3.8) is 0 Å². The maximum Gasteiger partial charge on any atom is 0.123 e. The first kappa shape index (κ1) is 11.0. The zero-order chi connectivity index (χ0) is 12.1. The molecular weight excluding hydrogens is 208 g/mol. The van der Waals surface area contributed by atoms with Gasteiger partial charge in [0.1, 0.15) is 5.82 Å². The van der Waals surface area contributed by atoms with Crippen LogP contribution >= 0.6 is 0 Å². The first-order valence-electron chi connectivity index (χ1n) is 5.37. The maximum atomic E-state index is 5.64. The summed E-state index contributed by atoms with van der Waals surface area (Å²) in [6.45, 7) is 0. The van der Waals surface area contributed by atoms with Crippen molar-refractivity contribution in [2.75, 3.05) is 5.73 Å². The second kappa shape index (κ2) is 5.05. The lowest BCUT2D eigenvalue weighted by Crippen LogP contribution is -1.88. The number of hydrogen-bond donors (Lipinski definition) is 1. The van der Waals surface area contributed by atoms with Crippen molar-refractivity contribution >= 4 is 16.6 Å². The number of terminal acetylenes is 1. The van der Waals surface area contributed by atoms with E-state index in [4.69, 9.17) is 12.2 Å². The number of fused-ring (bicyclic) bond motifs is 1. The van der Waals surface area contributed by atoms with E-state index in [1.807, 2.05) is 24.3 Å². The molecule has 1 aromatic heterocycles. The number of aromatic nitrogens is 1. The molecule has 0 saturated heterocycles. The largest absolute Gasteiger partial charge is 0.384 e. The van der Waals surface area contributed by atoms with E-state index in [1.54, 1.807) is 6.20 Å². The Balaban J connectivity index is 2.30. The molecule has 0 bridgehead atoms. The molecule has 0 saturated carbocycles. The summed E-state index contributed by atoms with van der Waals surface area (Å²) in [5.41, 5.74) is 6.62. The molecule has 0 amide bonds. The van der Waals surface area contributed by atoms with Gasteiger partial charge in [0.05, 0.1) is 0 Å². The van der Waals surface area contributed by atoms with Crippen LogP contribution in [-0.4, -0.2) is 4.98 Å². The van der Waals surface area contributed by atoms with E-state index in [9.17, 15) is 0 Å². The highest BCUT2D eigenvalue weighted by atomic mass is 14.8. The SMILES string of the molecule is C#CCCC#Cc1ccc2cnc(N)cc2c1. The number of nitrogen functional groups attached to an aromatic ring is 1. The van der Waals surface area contributed by atoms with Crippen molar-refractivity contribution in [3.05, 3.63) is 36.0 Å². The Kier molecular flexibility index (Phi) is 3.28. The number of pyridine rings is 1. The second-order valence-corrected chi connectivity index (χ2v) is 3.68. The van der Waals surface area contributed by atoms with Gasteiger partial charge in [0, 0.05) is 30.0 Å². The molecular formula is C15H12N2. The van der Waals surface area contributed by atoms with Gasteiger partial charge in [-0.3, -0.25) is 0 Å². The summed E-state index contributed by atoms with van der Waals surface area (Å²) >= 11 is 0. The van der Waals surface area contributed by atoms with E-state index in [1.165, 1.54) is 0 Å². The molecule has 0 radical (unpaired) electrons. The van der Waals surface area contributed by atoms with Gasteiger partial charge in [0.25, 0.3) is 0 Å². The Morgan fingerprint density at radius 1 is 1.18 bits per heavy atom. The fraction of sp³-hybridized carbons (Fsp3) is 0.133. The van der Waals surface area contributed by atoms with Gasteiger partial charge in [-0.05, 0) is 23.6 Å². The number of rotatable bonds is 1. The van der Waals surface area contributed by atoms with Crippen LogP contribution in [0.15, 0.2) is 30.5 Å². The maximum absolute atomic E-state index is 5.64. The van der Waals surface area contributed by atoms with Crippen molar-refractivity contribution in [1.82, 2.24) is 4.98 Å². The van der Waals surface area contributed by atoms with Gasteiger partial charge in [-0.25, -0.2) is 4.98 Å². The lowest BCUT2D eigenvalue weighted by atomic mass is 10.1. The summed E-state index contributed by atoms with van der Waals surface area (Å²) in [5, 5.41) is 2.12. The Morgan fingerprint density at radius 3 is 2.88 bits per heavy atom. The molecule has 2 nitrogen and oxygen atoms in total. The number of anilines is 1. The normalized spacial score (nSPS) is 9.35.